The second kappa shape index (κ2) is 10.1. The summed E-state index contributed by atoms with van der Waals surface area (Å²) in [4.78, 5) is 16.6. The van der Waals surface area contributed by atoms with Crippen molar-refractivity contribution in [1.29, 1.82) is 0 Å². The largest absolute Gasteiger partial charge is 0.494 e. The van der Waals surface area contributed by atoms with Gasteiger partial charge < -0.3 is 24.1 Å². The Labute approximate surface area is 204 Å². The van der Waals surface area contributed by atoms with Crippen LogP contribution in [0.1, 0.15) is 25.1 Å². The van der Waals surface area contributed by atoms with Gasteiger partial charge in [0.2, 0.25) is 5.95 Å². The van der Waals surface area contributed by atoms with Crippen molar-refractivity contribution in [3.05, 3.63) is 66.2 Å². The Morgan fingerprint density at radius 2 is 1.72 bits per heavy atom. The van der Waals surface area contributed by atoms with Crippen molar-refractivity contribution in [2.45, 2.75) is 33.1 Å². The standard InChI is InChI=1S/C24H23F3N6O3/c1-14(2)35-22-30-21(31-23(32-22)36-19-8-6-5-7-17(19)24(25,26)27)29-16-9-10-18(20(11-16)34-4)33-12-15(3)28-13-33/h5-14H,1-4H3,(H,29,30,31,32). The van der Waals surface area contributed by atoms with Crippen LogP contribution in [-0.2, 0) is 6.18 Å². The molecule has 0 aliphatic heterocycles. The number of halogens is 3. The highest BCUT2D eigenvalue weighted by Crippen LogP contribution is 2.37. The van der Waals surface area contributed by atoms with Crippen LogP contribution in [0.3, 0.4) is 0 Å². The highest BCUT2D eigenvalue weighted by molar-refractivity contribution is 5.62. The molecule has 0 saturated heterocycles. The minimum Gasteiger partial charge on any atom is -0.494 e. The molecule has 4 aromatic rings. The normalized spacial score (nSPS) is 11.4. The Hall–Kier alpha value is -4.35. The van der Waals surface area contributed by atoms with Gasteiger partial charge in [-0.25, -0.2) is 4.98 Å². The fraction of sp³-hybridized carbons (Fsp3) is 0.250. The van der Waals surface area contributed by atoms with Crippen LogP contribution in [0, 0.1) is 6.92 Å². The van der Waals surface area contributed by atoms with Crippen LogP contribution >= 0.6 is 0 Å². The summed E-state index contributed by atoms with van der Waals surface area (Å²) in [7, 11) is 1.54. The molecule has 0 aliphatic carbocycles. The molecular weight excluding hydrogens is 477 g/mol. The molecule has 1 N–H and O–H groups in total. The summed E-state index contributed by atoms with van der Waals surface area (Å²) in [5, 5.41) is 3.00. The lowest BCUT2D eigenvalue weighted by Crippen LogP contribution is -2.12. The first-order valence-corrected chi connectivity index (χ1v) is 10.8. The molecule has 0 spiro atoms. The number of imidazole rings is 1. The SMILES string of the molecule is COc1cc(Nc2nc(Oc3ccccc3C(F)(F)F)nc(OC(C)C)n2)ccc1-n1cnc(C)c1. The monoisotopic (exact) mass is 500 g/mol. The van der Waals surface area contributed by atoms with E-state index >= 15 is 0 Å². The van der Waals surface area contributed by atoms with E-state index in [9.17, 15) is 13.2 Å². The first kappa shape index (κ1) is 24.8. The molecular formula is C24H23F3N6O3. The number of hydrogen-bond acceptors (Lipinski definition) is 8. The molecule has 2 aromatic carbocycles. The Balaban J connectivity index is 1.66. The molecule has 0 saturated carbocycles. The molecule has 0 aliphatic rings. The van der Waals surface area contributed by atoms with Crippen LogP contribution in [0.5, 0.6) is 23.5 Å². The number of nitrogens with one attached hydrogen (secondary N) is 1. The number of ether oxygens (including phenoxy) is 3. The second-order valence-corrected chi connectivity index (χ2v) is 7.92. The van der Waals surface area contributed by atoms with Crippen molar-refractivity contribution in [3.8, 4) is 29.2 Å². The van der Waals surface area contributed by atoms with Gasteiger partial charge in [0, 0.05) is 18.0 Å². The first-order valence-electron chi connectivity index (χ1n) is 10.8. The fourth-order valence-electron chi connectivity index (χ4n) is 3.24. The van der Waals surface area contributed by atoms with Crippen molar-refractivity contribution < 1.29 is 27.4 Å². The summed E-state index contributed by atoms with van der Waals surface area (Å²) >= 11 is 0. The third-order valence-electron chi connectivity index (χ3n) is 4.75. The first-order chi connectivity index (χ1) is 17.1. The number of alkyl halides is 3. The maximum atomic E-state index is 13.4. The zero-order chi connectivity index (χ0) is 25.9. The number of para-hydroxylation sites is 1. The van der Waals surface area contributed by atoms with Crippen LogP contribution in [0.25, 0.3) is 5.69 Å². The van der Waals surface area contributed by atoms with E-state index in [2.05, 4.69) is 25.3 Å². The molecule has 36 heavy (non-hydrogen) atoms. The number of benzene rings is 2. The quantitative estimate of drug-likeness (QED) is 0.328. The van der Waals surface area contributed by atoms with E-state index < -0.39 is 17.5 Å². The number of methoxy groups -OCH3 is 1. The molecule has 0 radical (unpaired) electrons. The third-order valence-corrected chi connectivity index (χ3v) is 4.75. The predicted molar refractivity (Wildman–Crippen MR) is 125 cm³/mol. The van der Waals surface area contributed by atoms with Gasteiger partial charge in [-0.15, -0.1) is 4.98 Å². The smallest absolute Gasteiger partial charge is 0.419 e. The summed E-state index contributed by atoms with van der Waals surface area (Å²) in [5.74, 6) is 0.105. The van der Waals surface area contributed by atoms with Crippen molar-refractivity contribution >= 4 is 11.6 Å². The molecule has 0 fully saturated rings. The summed E-state index contributed by atoms with van der Waals surface area (Å²) < 4.78 is 58.5. The van der Waals surface area contributed by atoms with Crippen LogP contribution in [0.2, 0.25) is 0 Å². The maximum absolute atomic E-state index is 13.4. The number of rotatable bonds is 8. The van der Waals surface area contributed by atoms with Crippen molar-refractivity contribution in [1.82, 2.24) is 24.5 Å². The van der Waals surface area contributed by atoms with Gasteiger partial charge in [0.25, 0.3) is 0 Å². The lowest BCUT2D eigenvalue weighted by Gasteiger charge is -2.15. The highest BCUT2D eigenvalue weighted by Gasteiger charge is 2.34. The topological polar surface area (TPSA) is 96.2 Å². The average Bonchev–Trinajstić information content (AvgIpc) is 3.24. The second-order valence-electron chi connectivity index (χ2n) is 7.92. The van der Waals surface area contributed by atoms with E-state index in [0.717, 1.165) is 17.4 Å². The number of anilines is 2. The summed E-state index contributed by atoms with van der Waals surface area (Å²) in [6, 6.07) is 9.61. The van der Waals surface area contributed by atoms with Gasteiger partial charge in [0.05, 0.1) is 36.5 Å². The number of hydrogen-bond donors (Lipinski definition) is 1. The van der Waals surface area contributed by atoms with E-state index in [1.807, 2.05) is 23.8 Å². The summed E-state index contributed by atoms with van der Waals surface area (Å²) in [6.45, 7) is 5.40. The molecule has 4 rings (SSSR count). The van der Waals surface area contributed by atoms with Crippen molar-refractivity contribution in [2.24, 2.45) is 0 Å². The third kappa shape index (κ3) is 5.82. The average molecular weight is 500 g/mol. The Bertz CT molecular complexity index is 1360. The summed E-state index contributed by atoms with van der Waals surface area (Å²) in [6.07, 6.45) is -1.39. The number of nitrogens with zero attached hydrogens (tertiary/aromatic N) is 5. The molecule has 0 atom stereocenters. The van der Waals surface area contributed by atoms with Gasteiger partial charge in [-0.1, -0.05) is 12.1 Å². The zero-order valence-corrected chi connectivity index (χ0v) is 19.9. The molecule has 0 amide bonds. The molecule has 188 valence electrons. The van der Waals surface area contributed by atoms with Gasteiger partial charge >= 0.3 is 18.2 Å². The molecule has 2 aromatic heterocycles. The van der Waals surface area contributed by atoms with E-state index in [1.165, 1.54) is 25.3 Å². The minimum absolute atomic E-state index is 0.00779. The van der Waals surface area contributed by atoms with E-state index in [0.29, 0.717) is 11.4 Å². The van der Waals surface area contributed by atoms with Gasteiger partial charge in [-0.3, -0.25) is 0 Å². The lowest BCUT2D eigenvalue weighted by atomic mass is 10.2. The van der Waals surface area contributed by atoms with E-state index in [-0.39, 0.29) is 24.1 Å². The maximum Gasteiger partial charge on any atom is 0.419 e. The number of aromatic nitrogens is 5. The fourth-order valence-corrected chi connectivity index (χ4v) is 3.24. The minimum atomic E-state index is -4.62. The Kier molecular flexibility index (Phi) is 6.95. The van der Waals surface area contributed by atoms with E-state index in [4.69, 9.17) is 14.2 Å². The predicted octanol–water partition coefficient (Wildman–Crippen LogP) is 5.72. The number of aryl methyl sites for hydroxylation is 1. The molecule has 0 unspecified atom stereocenters. The van der Waals surface area contributed by atoms with Crippen LogP contribution in [0.15, 0.2) is 55.0 Å². The Morgan fingerprint density at radius 1 is 0.972 bits per heavy atom. The highest BCUT2D eigenvalue weighted by atomic mass is 19.4. The lowest BCUT2D eigenvalue weighted by molar-refractivity contribution is -0.138. The van der Waals surface area contributed by atoms with Crippen LogP contribution in [0.4, 0.5) is 24.8 Å². The van der Waals surface area contributed by atoms with Crippen molar-refractivity contribution in [3.63, 3.8) is 0 Å². The van der Waals surface area contributed by atoms with Gasteiger partial charge in [0.1, 0.15) is 11.5 Å². The zero-order valence-electron chi connectivity index (χ0n) is 19.9. The van der Waals surface area contributed by atoms with Gasteiger partial charge in [0.15, 0.2) is 0 Å². The van der Waals surface area contributed by atoms with E-state index in [1.54, 1.807) is 32.3 Å². The van der Waals surface area contributed by atoms with Gasteiger partial charge in [-0.2, -0.15) is 23.1 Å². The van der Waals surface area contributed by atoms with Crippen LogP contribution < -0.4 is 19.5 Å². The Morgan fingerprint density at radius 3 is 2.39 bits per heavy atom. The van der Waals surface area contributed by atoms with Gasteiger partial charge in [-0.05, 0) is 45.0 Å². The van der Waals surface area contributed by atoms with Crippen LogP contribution in [-0.4, -0.2) is 37.7 Å². The summed E-state index contributed by atoms with van der Waals surface area (Å²) in [5.41, 5.74) is 1.20. The molecule has 0 bridgehead atoms. The molecule has 2 heterocycles. The van der Waals surface area contributed by atoms with Crippen molar-refractivity contribution in [2.75, 3.05) is 12.4 Å². The molecule has 12 heteroatoms. The molecule has 9 nitrogen and oxygen atoms in total.